The minimum atomic E-state index is -1.01. The molecule has 11 nitrogen and oxygen atoms in total. The van der Waals surface area contributed by atoms with Crippen LogP contribution in [0.4, 0.5) is 0 Å². The first kappa shape index (κ1) is 14.0. The number of tetrazole rings is 2. The van der Waals surface area contributed by atoms with Crippen LogP contribution in [0.1, 0.15) is 19.4 Å². The van der Waals surface area contributed by atoms with Gasteiger partial charge in [-0.1, -0.05) is 6.92 Å². The largest absolute Gasteiger partial charge is 0.480 e. The third-order valence-electron chi connectivity index (χ3n) is 2.61. The molecule has 0 saturated carbocycles. The van der Waals surface area contributed by atoms with Gasteiger partial charge in [-0.3, -0.25) is 4.90 Å². The number of carbonyl (C=O) groups is 1. The minimum Gasteiger partial charge on any atom is -0.480 e. The Balaban J connectivity index is 2.42. The van der Waals surface area contributed by atoms with E-state index in [9.17, 15) is 9.90 Å². The van der Waals surface area contributed by atoms with Crippen molar-refractivity contribution in [3.8, 4) is 11.6 Å². The van der Waals surface area contributed by atoms with Crippen LogP contribution in [-0.2, 0) is 11.5 Å². The summed E-state index contributed by atoms with van der Waals surface area (Å²) in [6, 6.07) is -0.857. The minimum absolute atomic E-state index is 0.228. The Labute approximate surface area is 114 Å². The summed E-state index contributed by atoms with van der Waals surface area (Å²) in [5.74, 6) is -0.456. The molecule has 2 aromatic rings. The van der Waals surface area contributed by atoms with Crippen LogP contribution in [0.3, 0.4) is 0 Å². The first-order valence-electron chi connectivity index (χ1n) is 5.96. The molecule has 0 aromatic carbocycles. The second-order valence-electron chi connectivity index (χ2n) is 4.43. The summed E-state index contributed by atoms with van der Waals surface area (Å²) < 4.78 is 2.72. The maximum Gasteiger partial charge on any atom is 0.328 e. The van der Waals surface area contributed by atoms with Crippen molar-refractivity contribution >= 4 is 5.97 Å². The van der Waals surface area contributed by atoms with Gasteiger partial charge in [0, 0.05) is 0 Å². The average Bonchev–Trinajstić information content (AvgIpc) is 2.97. The van der Waals surface area contributed by atoms with Crippen molar-refractivity contribution in [1.82, 2.24) is 45.3 Å². The summed E-state index contributed by atoms with van der Waals surface area (Å²) in [5, 5.41) is 31.6. The number of carboxylic acids is 1. The molecule has 20 heavy (non-hydrogen) atoms. The number of carboxylic acid groups (broad SMARTS) is 1. The Hall–Kier alpha value is -2.43. The highest BCUT2D eigenvalue weighted by molar-refractivity contribution is 5.72. The third-order valence-corrected chi connectivity index (χ3v) is 2.61. The molecule has 0 bridgehead atoms. The lowest BCUT2D eigenvalue weighted by Gasteiger charge is -2.13. The highest BCUT2D eigenvalue weighted by Crippen LogP contribution is 2.18. The molecule has 2 heterocycles. The Morgan fingerprint density at radius 2 is 1.90 bits per heavy atom. The summed E-state index contributed by atoms with van der Waals surface area (Å²) in [4.78, 5) is 13.1. The van der Waals surface area contributed by atoms with Gasteiger partial charge in [-0.25, -0.2) is 14.2 Å². The van der Waals surface area contributed by atoms with Crippen LogP contribution in [0.5, 0.6) is 0 Å². The maximum absolute atomic E-state index is 11.2. The van der Waals surface area contributed by atoms with Crippen molar-refractivity contribution in [3.63, 3.8) is 0 Å². The first-order valence-corrected chi connectivity index (χ1v) is 5.96. The second kappa shape index (κ2) is 5.69. The lowest BCUT2D eigenvalue weighted by Crippen LogP contribution is -2.23. The molecular weight excluding hydrogens is 266 g/mol. The van der Waals surface area contributed by atoms with Crippen molar-refractivity contribution in [3.05, 3.63) is 0 Å². The zero-order chi connectivity index (χ0) is 14.7. The number of hydrogen-bond donors (Lipinski definition) is 1. The molecule has 0 amide bonds. The van der Waals surface area contributed by atoms with Crippen molar-refractivity contribution < 1.29 is 9.90 Å². The standard InChI is InChI=1S/C9H15N9O2/c1-4-6(9(19)20)18-8(11-13-15-18)7-10-12-14-17(7)5-16(2)3/h6H,4-5H2,1-3H3,(H,19,20). The predicted molar refractivity (Wildman–Crippen MR) is 65.3 cm³/mol. The van der Waals surface area contributed by atoms with Crippen LogP contribution in [0.15, 0.2) is 0 Å². The number of nitrogens with zero attached hydrogens (tertiary/aromatic N) is 9. The van der Waals surface area contributed by atoms with E-state index < -0.39 is 12.0 Å². The van der Waals surface area contributed by atoms with E-state index in [0.717, 1.165) is 0 Å². The van der Waals surface area contributed by atoms with Gasteiger partial charge in [0.1, 0.15) is 0 Å². The summed E-state index contributed by atoms with van der Waals surface area (Å²) in [6.45, 7) is 2.17. The SMILES string of the molecule is CCC(C(=O)O)n1nnnc1-c1nnnn1CN(C)C. The maximum atomic E-state index is 11.2. The van der Waals surface area contributed by atoms with E-state index in [1.165, 1.54) is 9.36 Å². The monoisotopic (exact) mass is 281 g/mol. The molecular formula is C9H15N9O2. The fourth-order valence-corrected chi connectivity index (χ4v) is 1.73. The van der Waals surface area contributed by atoms with E-state index in [-0.39, 0.29) is 5.82 Å². The second-order valence-corrected chi connectivity index (χ2v) is 4.43. The molecule has 0 radical (unpaired) electrons. The molecule has 0 fully saturated rings. The molecule has 0 spiro atoms. The Morgan fingerprint density at radius 1 is 1.25 bits per heavy atom. The molecule has 1 unspecified atom stereocenters. The summed E-state index contributed by atoms with van der Waals surface area (Å²) in [7, 11) is 3.72. The molecule has 0 aliphatic heterocycles. The van der Waals surface area contributed by atoms with Gasteiger partial charge in [0.05, 0.1) is 6.67 Å². The number of aliphatic carboxylic acids is 1. The predicted octanol–water partition coefficient (Wildman–Crippen LogP) is -1.12. The van der Waals surface area contributed by atoms with Crippen molar-refractivity contribution in [2.24, 2.45) is 0 Å². The smallest absolute Gasteiger partial charge is 0.328 e. The number of rotatable bonds is 6. The number of hydrogen-bond acceptors (Lipinski definition) is 8. The summed E-state index contributed by atoms with van der Waals surface area (Å²) >= 11 is 0. The van der Waals surface area contributed by atoms with Gasteiger partial charge in [-0.2, -0.15) is 0 Å². The molecule has 1 atom stereocenters. The van der Waals surface area contributed by atoms with Gasteiger partial charge in [-0.05, 0) is 41.4 Å². The van der Waals surface area contributed by atoms with Crippen LogP contribution in [0.2, 0.25) is 0 Å². The Morgan fingerprint density at radius 3 is 2.50 bits per heavy atom. The van der Waals surface area contributed by atoms with E-state index >= 15 is 0 Å². The van der Waals surface area contributed by atoms with Crippen LogP contribution in [0.25, 0.3) is 11.6 Å². The van der Waals surface area contributed by atoms with E-state index in [1.54, 1.807) is 6.92 Å². The lowest BCUT2D eigenvalue weighted by atomic mass is 10.2. The molecule has 0 aliphatic rings. The highest BCUT2D eigenvalue weighted by atomic mass is 16.4. The molecule has 2 rings (SSSR count). The fourth-order valence-electron chi connectivity index (χ4n) is 1.73. The topological polar surface area (TPSA) is 128 Å². The van der Waals surface area contributed by atoms with Crippen molar-refractivity contribution in [2.45, 2.75) is 26.1 Å². The molecule has 0 saturated heterocycles. The van der Waals surface area contributed by atoms with Gasteiger partial charge in [0.15, 0.2) is 6.04 Å². The summed E-state index contributed by atoms with van der Waals surface area (Å²) in [6.07, 6.45) is 0.350. The molecule has 1 N–H and O–H groups in total. The summed E-state index contributed by atoms with van der Waals surface area (Å²) in [5.41, 5.74) is 0. The molecule has 11 heteroatoms. The average molecular weight is 281 g/mol. The van der Waals surface area contributed by atoms with Crippen LogP contribution < -0.4 is 0 Å². The molecule has 108 valence electrons. The van der Waals surface area contributed by atoms with Gasteiger partial charge >= 0.3 is 5.97 Å². The van der Waals surface area contributed by atoms with Gasteiger partial charge < -0.3 is 5.11 Å². The lowest BCUT2D eigenvalue weighted by molar-refractivity contribution is -0.141. The van der Waals surface area contributed by atoms with Crippen LogP contribution >= 0.6 is 0 Å². The van der Waals surface area contributed by atoms with Crippen LogP contribution in [0, 0.1) is 0 Å². The van der Waals surface area contributed by atoms with E-state index in [4.69, 9.17) is 0 Å². The van der Waals surface area contributed by atoms with Crippen molar-refractivity contribution in [1.29, 1.82) is 0 Å². The fraction of sp³-hybridized carbons (Fsp3) is 0.667. The Bertz CT molecular complexity index is 590. The van der Waals surface area contributed by atoms with Crippen molar-refractivity contribution in [2.75, 3.05) is 14.1 Å². The van der Waals surface area contributed by atoms with Gasteiger partial charge in [0.25, 0.3) is 0 Å². The highest BCUT2D eigenvalue weighted by Gasteiger charge is 2.26. The van der Waals surface area contributed by atoms with E-state index in [1.807, 2.05) is 19.0 Å². The first-order chi connectivity index (χ1) is 9.54. The van der Waals surface area contributed by atoms with E-state index in [0.29, 0.717) is 18.9 Å². The van der Waals surface area contributed by atoms with Crippen LogP contribution in [-0.4, -0.2) is 70.5 Å². The normalized spacial score (nSPS) is 12.8. The Kier molecular flexibility index (Phi) is 3.98. The van der Waals surface area contributed by atoms with Gasteiger partial charge in [-0.15, -0.1) is 10.2 Å². The number of aromatic nitrogens is 8. The zero-order valence-electron chi connectivity index (χ0n) is 11.4. The van der Waals surface area contributed by atoms with Gasteiger partial charge in [0.2, 0.25) is 11.6 Å². The zero-order valence-corrected chi connectivity index (χ0v) is 11.4. The molecule has 2 aromatic heterocycles. The third kappa shape index (κ3) is 2.61. The van der Waals surface area contributed by atoms with E-state index in [2.05, 4.69) is 31.1 Å². The molecule has 0 aliphatic carbocycles. The quantitative estimate of drug-likeness (QED) is 0.700.